The van der Waals surface area contributed by atoms with Gasteiger partial charge in [0.1, 0.15) is 0 Å². The van der Waals surface area contributed by atoms with Gasteiger partial charge in [-0.05, 0) is 12.1 Å². The zero-order valence-electron chi connectivity index (χ0n) is 5.91. The van der Waals surface area contributed by atoms with Crippen LogP contribution in [0.2, 0.25) is 0 Å². The summed E-state index contributed by atoms with van der Waals surface area (Å²) < 4.78 is 3.19. The first-order valence-electron chi connectivity index (χ1n) is 2.90. The molecular formula is C7H6Cl2O3. The van der Waals surface area contributed by atoms with Crippen LogP contribution in [0.1, 0.15) is 10.4 Å². The minimum absolute atomic E-state index is 0.331. The first-order valence-corrected chi connectivity index (χ1v) is 3.51. The van der Waals surface area contributed by atoms with E-state index in [2.05, 4.69) is 27.6 Å². The molecule has 0 aromatic heterocycles. The van der Waals surface area contributed by atoms with E-state index in [1.807, 2.05) is 0 Å². The number of carbonyl (C=O) groups is 1. The highest BCUT2D eigenvalue weighted by molar-refractivity contribution is 6.24. The summed E-state index contributed by atoms with van der Waals surface area (Å²) in [6.07, 6.45) is 0. The van der Waals surface area contributed by atoms with Crippen molar-refractivity contribution in [2.24, 2.45) is 0 Å². The van der Waals surface area contributed by atoms with E-state index >= 15 is 0 Å². The summed E-state index contributed by atoms with van der Waals surface area (Å²) in [7, 11) is 0. The molecule has 12 heavy (non-hydrogen) atoms. The molecule has 0 unspecified atom stereocenters. The van der Waals surface area contributed by atoms with Crippen LogP contribution < -0.4 is 0 Å². The van der Waals surface area contributed by atoms with Gasteiger partial charge >= 0.3 is 5.97 Å². The zero-order valence-corrected chi connectivity index (χ0v) is 7.42. The molecule has 0 aliphatic carbocycles. The molecule has 0 atom stereocenters. The number of benzene rings is 1. The van der Waals surface area contributed by atoms with Crippen molar-refractivity contribution in [3.05, 3.63) is 35.9 Å². The molecule has 3 nitrogen and oxygen atoms in total. The number of rotatable bonds is 1. The monoisotopic (exact) mass is 208 g/mol. The molecule has 0 aliphatic heterocycles. The maximum absolute atomic E-state index is 10.2. The fourth-order valence-corrected chi connectivity index (χ4v) is 0.581. The molecule has 66 valence electrons. The lowest BCUT2D eigenvalue weighted by Gasteiger charge is -1.88. The van der Waals surface area contributed by atoms with Gasteiger partial charge < -0.3 is 5.11 Å². The van der Waals surface area contributed by atoms with Crippen molar-refractivity contribution in [2.45, 2.75) is 0 Å². The Bertz CT molecular complexity index is 225. The molecule has 5 heteroatoms. The molecule has 0 spiro atoms. The second kappa shape index (κ2) is 6.91. The number of carboxylic acid groups (broad SMARTS) is 1. The van der Waals surface area contributed by atoms with Crippen LogP contribution in [0.3, 0.4) is 0 Å². The van der Waals surface area contributed by atoms with Gasteiger partial charge in [-0.1, -0.05) is 18.2 Å². The highest BCUT2D eigenvalue weighted by Gasteiger charge is 1.96. The maximum atomic E-state index is 10.2. The maximum Gasteiger partial charge on any atom is 0.335 e. The SMILES string of the molecule is ClOCl.O=C(O)c1ccccc1. The summed E-state index contributed by atoms with van der Waals surface area (Å²) in [6, 6.07) is 8.30. The van der Waals surface area contributed by atoms with Crippen molar-refractivity contribution in [1.82, 2.24) is 0 Å². The molecule has 0 bridgehead atoms. The Morgan fingerprint density at radius 2 is 1.67 bits per heavy atom. The van der Waals surface area contributed by atoms with E-state index in [-0.39, 0.29) is 0 Å². The Hall–Kier alpha value is -0.770. The standard InChI is InChI=1S/C7H6O2.Cl2O/c8-7(9)6-4-2-1-3-5-6;1-3-2/h1-5H,(H,8,9);. The van der Waals surface area contributed by atoms with E-state index in [0.717, 1.165) is 0 Å². The first-order chi connectivity index (χ1) is 5.72. The van der Waals surface area contributed by atoms with Gasteiger partial charge in [-0.2, -0.15) is 3.84 Å². The van der Waals surface area contributed by atoms with Crippen molar-refractivity contribution in [1.29, 1.82) is 0 Å². The van der Waals surface area contributed by atoms with Crippen molar-refractivity contribution < 1.29 is 13.7 Å². The van der Waals surface area contributed by atoms with E-state index < -0.39 is 5.97 Å². The van der Waals surface area contributed by atoms with Crippen LogP contribution in [-0.4, -0.2) is 11.1 Å². The third kappa shape index (κ3) is 4.96. The Morgan fingerprint density at radius 3 is 1.92 bits per heavy atom. The summed E-state index contributed by atoms with van der Waals surface area (Å²) in [5, 5.41) is 8.38. The van der Waals surface area contributed by atoms with Gasteiger partial charge in [-0.3, -0.25) is 0 Å². The van der Waals surface area contributed by atoms with Gasteiger partial charge in [0.2, 0.25) is 0 Å². The average molecular weight is 209 g/mol. The summed E-state index contributed by atoms with van der Waals surface area (Å²) in [6.45, 7) is 0. The van der Waals surface area contributed by atoms with Gasteiger partial charge in [-0.15, -0.1) is 0 Å². The van der Waals surface area contributed by atoms with Crippen LogP contribution in [-0.2, 0) is 3.84 Å². The van der Waals surface area contributed by atoms with Gasteiger partial charge in [-0.25, -0.2) is 4.79 Å². The van der Waals surface area contributed by atoms with Crippen LogP contribution in [0.25, 0.3) is 0 Å². The molecule has 0 saturated carbocycles. The molecule has 1 aromatic carbocycles. The summed E-state index contributed by atoms with van der Waals surface area (Å²) in [5.74, 6) is -0.879. The minimum Gasteiger partial charge on any atom is -0.478 e. The van der Waals surface area contributed by atoms with Gasteiger partial charge in [0.05, 0.1) is 29.3 Å². The van der Waals surface area contributed by atoms with Gasteiger partial charge in [0.15, 0.2) is 0 Å². The van der Waals surface area contributed by atoms with Crippen LogP contribution in [0.15, 0.2) is 30.3 Å². The first kappa shape index (κ1) is 11.2. The van der Waals surface area contributed by atoms with Crippen LogP contribution in [0.4, 0.5) is 0 Å². The van der Waals surface area contributed by atoms with Crippen molar-refractivity contribution in [2.75, 3.05) is 0 Å². The van der Waals surface area contributed by atoms with Crippen molar-refractivity contribution in [3.63, 3.8) is 0 Å². The smallest absolute Gasteiger partial charge is 0.335 e. The lowest BCUT2D eigenvalue weighted by molar-refractivity contribution is 0.0697. The number of aromatic carboxylic acids is 1. The van der Waals surface area contributed by atoms with Crippen LogP contribution in [0, 0.1) is 0 Å². The number of hydrogen-bond donors (Lipinski definition) is 1. The third-order valence-electron chi connectivity index (χ3n) is 1.02. The second-order valence-electron chi connectivity index (χ2n) is 1.73. The number of hydrogen-bond acceptors (Lipinski definition) is 2. The van der Waals surface area contributed by atoms with E-state index in [0.29, 0.717) is 5.56 Å². The van der Waals surface area contributed by atoms with E-state index in [1.54, 1.807) is 30.3 Å². The van der Waals surface area contributed by atoms with E-state index in [9.17, 15) is 4.79 Å². The van der Waals surface area contributed by atoms with Crippen LogP contribution in [0.5, 0.6) is 0 Å². The predicted molar refractivity (Wildman–Crippen MR) is 46.2 cm³/mol. The molecule has 0 amide bonds. The van der Waals surface area contributed by atoms with Crippen LogP contribution >= 0.6 is 23.7 Å². The molecule has 0 radical (unpaired) electrons. The molecule has 0 saturated heterocycles. The predicted octanol–water partition coefficient (Wildman–Crippen LogP) is 2.70. The largest absolute Gasteiger partial charge is 0.478 e. The lowest BCUT2D eigenvalue weighted by atomic mass is 10.2. The molecule has 0 heterocycles. The van der Waals surface area contributed by atoms with E-state index in [4.69, 9.17) is 5.11 Å². The highest BCUT2D eigenvalue weighted by Crippen LogP contribution is 1.96. The Balaban J connectivity index is 0.000000354. The summed E-state index contributed by atoms with van der Waals surface area (Å²) in [4.78, 5) is 10.2. The normalized spacial score (nSPS) is 8.17. The molecular weight excluding hydrogens is 203 g/mol. The summed E-state index contributed by atoms with van der Waals surface area (Å²) in [5.41, 5.74) is 0.331. The Kier molecular flexibility index (Phi) is 6.47. The molecule has 1 N–H and O–H groups in total. The van der Waals surface area contributed by atoms with Gasteiger partial charge in [0, 0.05) is 0 Å². The number of halogens is 2. The molecule has 0 fully saturated rings. The molecule has 1 rings (SSSR count). The fraction of sp³-hybridized carbons (Fsp3) is 0. The average Bonchev–Trinajstić information content (AvgIpc) is 2.07. The minimum atomic E-state index is -0.879. The van der Waals surface area contributed by atoms with Crippen molar-refractivity contribution in [3.8, 4) is 0 Å². The topological polar surface area (TPSA) is 46.5 Å². The van der Waals surface area contributed by atoms with Crippen molar-refractivity contribution >= 4 is 29.7 Å². The van der Waals surface area contributed by atoms with E-state index in [1.165, 1.54) is 0 Å². The second-order valence-corrected chi connectivity index (χ2v) is 2.20. The molecule has 0 aliphatic rings. The fourth-order valence-electron chi connectivity index (χ4n) is 0.581. The lowest BCUT2D eigenvalue weighted by Crippen LogP contribution is -1.93. The van der Waals surface area contributed by atoms with Gasteiger partial charge in [0.25, 0.3) is 0 Å². The summed E-state index contributed by atoms with van der Waals surface area (Å²) >= 11 is 8.53. The highest BCUT2D eigenvalue weighted by atomic mass is 35.6. The Labute approximate surface area is 79.8 Å². The quantitative estimate of drug-likeness (QED) is 0.773. The number of carboxylic acids is 1. The molecule has 1 aromatic rings. The third-order valence-corrected chi connectivity index (χ3v) is 1.02. The Morgan fingerprint density at radius 1 is 1.25 bits per heavy atom. The zero-order chi connectivity index (χ0) is 9.40.